The summed E-state index contributed by atoms with van der Waals surface area (Å²) in [6, 6.07) is 15.2. The number of hydrogen-bond donors (Lipinski definition) is 2. The Morgan fingerprint density at radius 1 is 1.00 bits per heavy atom. The molecular weight excluding hydrogens is 331 g/mol. The second-order valence-corrected chi connectivity index (χ2v) is 6.58. The third-order valence-corrected chi connectivity index (χ3v) is 4.49. The maximum atomic E-state index is 13.0. The molecule has 0 saturated heterocycles. The molecule has 3 unspecified atom stereocenters. The summed E-state index contributed by atoms with van der Waals surface area (Å²) in [5.41, 5.74) is 1.69. The van der Waals surface area contributed by atoms with Gasteiger partial charge in [0, 0.05) is 5.39 Å². The van der Waals surface area contributed by atoms with Crippen molar-refractivity contribution in [2.45, 2.75) is 38.9 Å². The highest BCUT2D eigenvalue weighted by atomic mass is 19.1. The van der Waals surface area contributed by atoms with Gasteiger partial charge in [-0.3, -0.25) is 10.1 Å². The van der Waals surface area contributed by atoms with Crippen LogP contribution in [-0.4, -0.2) is 11.9 Å². The number of carbonyl (C=O) groups excluding carboxylic acids is 1. The summed E-state index contributed by atoms with van der Waals surface area (Å²) < 4.78 is 18.9. The zero-order valence-corrected chi connectivity index (χ0v) is 15.1. The fourth-order valence-corrected chi connectivity index (χ4v) is 2.92. The van der Waals surface area contributed by atoms with Crippen LogP contribution in [0.3, 0.4) is 0 Å². The van der Waals surface area contributed by atoms with Crippen LogP contribution in [0.4, 0.5) is 4.39 Å². The van der Waals surface area contributed by atoms with E-state index in [1.807, 2.05) is 51.1 Å². The van der Waals surface area contributed by atoms with Crippen LogP contribution in [0.5, 0.6) is 0 Å². The van der Waals surface area contributed by atoms with Crippen molar-refractivity contribution in [3.05, 3.63) is 71.7 Å². The number of para-hydroxylation sites is 1. The minimum atomic E-state index is -0.402. The third kappa shape index (κ3) is 4.11. The zero-order chi connectivity index (χ0) is 18.7. The predicted molar refractivity (Wildman–Crippen MR) is 100 cm³/mol. The Labute approximate surface area is 152 Å². The number of nitrogens with one attached hydrogen (secondary N) is 2. The van der Waals surface area contributed by atoms with Crippen molar-refractivity contribution >= 4 is 16.9 Å². The van der Waals surface area contributed by atoms with Crippen LogP contribution in [0.25, 0.3) is 11.0 Å². The van der Waals surface area contributed by atoms with Crippen LogP contribution < -0.4 is 10.6 Å². The maximum absolute atomic E-state index is 13.0. The molecule has 2 N–H and O–H groups in total. The van der Waals surface area contributed by atoms with Gasteiger partial charge in [0.15, 0.2) is 0 Å². The lowest BCUT2D eigenvalue weighted by Gasteiger charge is -2.21. The third-order valence-electron chi connectivity index (χ3n) is 4.49. The van der Waals surface area contributed by atoms with Gasteiger partial charge in [-0.05, 0) is 50.6 Å². The molecule has 0 aliphatic carbocycles. The molecule has 0 aliphatic rings. The smallest absolute Gasteiger partial charge is 0.237 e. The van der Waals surface area contributed by atoms with E-state index >= 15 is 0 Å². The Balaban J connectivity index is 1.60. The molecule has 0 bridgehead atoms. The Morgan fingerprint density at radius 3 is 2.38 bits per heavy atom. The Hall–Kier alpha value is -2.66. The first-order chi connectivity index (χ1) is 12.4. The Bertz CT molecular complexity index is 855. The number of benzene rings is 2. The molecule has 0 spiro atoms. The van der Waals surface area contributed by atoms with Gasteiger partial charge < -0.3 is 9.73 Å². The lowest BCUT2D eigenvalue weighted by molar-refractivity contribution is -0.123. The molecule has 3 atom stereocenters. The molecule has 1 aromatic heterocycles. The number of rotatable bonds is 6. The van der Waals surface area contributed by atoms with Gasteiger partial charge in [-0.15, -0.1) is 0 Å². The van der Waals surface area contributed by atoms with Gasteiger partial charge >= 0.3 is 0 Å². The molecule has 4 nitrogen and oxygen atoms in total. The van der Waals surface area contributed by atoms with Crippen molar-refractivity contribution in [2.75, 3.05) is 0 Å². The number of furan rings is 1. The molecule has 0 radical (unpaired) electrons. The number of halogens is 1. The molecule has 3 rings (SSSR count). The van der Waals surface area contributed by atoms with E-state index < -0.39 is 6.04 Å². The summed E-state index contributed by atoms with van der Waals surface area (Å²) >= 11 is 0. The first-order valence-electron chi connectivity index (χ1n) is 8.74. The van der Waals surface area contributed by atoms with Crippen molar-refractivity contribution in [1.29, 1.82) is 0 Å². The minimum Gasteiger partial charge on any atom is -0.459 e. The van der Waals surface area contributed by atoms with Gasteiger partial charge in [0.05, 0.1) is 18.1 Å². The Morgan fingerprint density at radius 2 is 1.69 bits per heavy atom. The fraction of sp³-hybridized carbons (Fsp3) is 0.286. The molecule has 0 aliphatic heterocycles. The standard InChI is InChI=1S/C21H23FN2O2/c1-13(16-8-10-18(22)11-9-16)24-21(25)15(3)23-14(2)20-12-17-6-4-5-7-19(17)26-20/h4-15,23H,1-3H3,(H,24,25). The molecule has 1 heterocycles. The predicted octanol–water partition coefficient (Wildman–Crippen LogP) is 4.49. The second kappa shape index (κ2) is 7.70. The second-order valence-electron chi connectivity index (χ2n) is 6.58. The molecule has 0 saturated carbocycles. The van der Waals surface area contributed by atoms with Crippen LogP contribution in [-0.2, 0) is 4.79 Å². The average Bonchev–Trinajstić information content (AvgIpc) is 3.06. The number of fused-ring (bicyclic) bond motifs is 1. The highest BCUT2D eigenvalue weighted by Gasteiger charge is 2.20. The van der Waals surface area contributed by atoms with E-state index in [0.717, 1.165) is 22.3 Å². The summed E-state index contributed by atoms with van der Waals surface area (Å²) in [5, 5.41) is 7.24. The van der Waals surface area contributed by atoms with Gasteiger partial charge in [0.25, 0.3) is 0 Å². The van der Waals surface area contributed by atoms with Crippen molar-refractivity contribution in [1.82, 2.24) is 10.6 Å². The van der Waals surface area contributed by atoms with E-state index in [1.54, 1.807) is 12.1 Å². The summed E-state index contributed by atoms with van der Waals surface area (Å²) in [5.74, 6) is 0.379. The van der Waals surface area contributed by atoms with Crippen LogP contribution >= 0.6 is 0 Å². The van der Waals surface area contributed by atoms with Crippen molar-refractivity contribution in [3.8, 4) is 0 Å². The van der Waals surface area contributed by atoms with Gasteiger partial charge in [-0.2, -0.15) is 0 Å². The van der Waals surface area contributed by atoms with Crippen LogP contribution in [0.2, 0.25) is 0 Å². The molecule has 2 aromatic carbocycles. The zero-order valence-electron chi connectivity index (χ0n) is 15.1. The number of amides is 1. The van der Waals surface area contributed by atoms with Gasteiger partial charge in [-0.1, -0.05) is 30.3 Å². The summed E-state index contributed by atoms with van der Waals surface area (Å²) in [7, 11) is 0. The maximum Gasteiger partial charge on any atom is 0.237 e. The monoisotopic (exact) mass is 354 g/mol. The molecular formula is C21H23FN2O2. The highest BCUT2D eigenvalue weighted by molar-refractivity contribution is 5.82. The molecule has 0 fully saturated rings. The van der Waals surface area contributed by atoms with E-state index in [0.29, 0.717) is 0 Å². The largest absolute Gasteiger partial charge is 0.459 e. The average molecular weight is 354 g/mol. The van der Waals surface area contributed by atoms with Crippen molar-refractivity contribution in [2.24, 2.45) is 0 Å². The number of hydrogen-bond acceptors (Lipinski definition) is 3. The number of carbonyl (C=O) groups is 1. The van der Waals surface area contributed by atoms with Crippen LogP contribution in [0, 0.1) is 5.82 Å². The van der Waals surface area contributed by atoms with Gasteiger partial charge in [0.2, 0.25) is 5.91 Å². The van der Waals surface area contributed by atoms with Crippen LogP contribution in [0.1, 0.15) is 44.2 Å². The lowest BCUT2D eigenvalue weighted by atomic mass is 10.1. The molecule has 136 valence electrons. The van der Waals surface area contributed by atoms with E-state index in [2.05, 4.69) is 10.6 Å². The molecule has 26 heavy (non-hydrogen) atoms. The van der Waals surface area contributed by atoms with Crippen molar-refractivity contribution in [3.63, 3.8) is 0 Å². The molecule has 5 heteroatoms. The fourth-order valence-electron chi connectivity index (χ4n) is 2.92. The van der Waals surface area contributed by atoms with E-state index in [4.69, 9.17) is 4.42 Å². The SMILES string of the molecule is CC(NC(C)c1cc2ccccc2o1)C(=O)NC(C)c1ccc(F)cc1. The topological polar surface area (TPSA) is 54.3 Å². The van der Waals surface area contributed by atoms with Crippen LogP contribution in [0.15, 0.2) is 59.0 Å². The van der Waals surface area contributed by atoms with E-state index in [-0.39, 0.29) is 23.8 Å². The Kier molecular flexibility index (Phi) is 5.38. The lowest BCUT2D eigenvalue weighted by Crippen LogP contribution is -2.43. The molecule has 3 aromatic rings. The quantitative estimate of drug-likeness (QED) is 0.686. The summed E-state index contributed by atoms with van der Waals surface area (Å²) in [4.78, 5) is 12.5. The van der Waals surface area contributed by atoms with Gasteiger partial charge in [0.1, 0.15) is 17.2 Å². The van der Waals surface area contributed by atoms with Crippen molar-refractivity contribution < 1.29 is 13.6 Å². The van der Waals surface area contributed by atoms with E-state index in [9.17, 15) is 9.18 Å². The first-order valence-corrected chi connectivity index (χ1v) is 8.74. The summed E-state index contributed by atoms with van der Waals surface area (Å²) in [6.45, 7) is 5.65. The van der Waals surface area contributed by atoms with Gasteiger partial charge in [-0.25, -0.2) is 4.39 Å². The normalized spacial score (nSPS) is 14.8. The van der Waals surface area contributed by atoms with E-state index in [1.165, 1.54) is 12.1 Å². The highest BCUT2D eigenvalue weighted by Crippen LogP contribution is 2.24. The first kappa shape index (κ1) is 18.1. The summed E-state index contributed by atoms with van der Waals surface area (Å²) in [6.07, 6.45) is 0. The molecule has 1 amide bonds. The minimum absolute atomic E-state index is 0.107.